The van der Waals surface area contributed by atoms with Crippen LogP contribution in [0, 0.1) is 11.6 Å². The van der Waals surface area contributed by atoms with Crippen LogP contribution < -0.4 is 25.6 Å². The van der Waals surface area contributed by atoms with Gasteiger partial charge in [-0.1, -0.05) is 13.5 Å². The number of likely N-dealkylation sites (N-methyl/N-ethyl adjacent to an activating group) is 1. The lowest BCUT2D eigenvalue weighted by atomic mass is 9.91. The molecule has 0 bridgehead atoms. The van der Waals surface area contributed by atoms with Gasteiger partial charge in [0.1, 0.15) is 12.1 Å². The molecule has 0 radical (unpaired) electrons. The number of carbonyl (C=O) groups is 1. The quantitative estimate of drug-likeness (QED) is 0.214. The molecule has 2 aromatic carbocycles. The number of hydrogen-bond donors (Lipinski definition) is 4. The molecule has 13 heteroatoms. The topological polar surface area (TPSA) is 128 Å². The number of carbonyl (C=O) groups excluding carboxylic acids is 1. The highest BCUT2D eigenvalue weighted by atomic mass is 19.2. The van der Waals surface area contributed by atoms with Crippen LogP contribution in [0.15, 0.2) is 43.2 Å². The Morgan fingerprint density at radius 1 is 1.16 bits per heavy atom. The van der Waals surface area contributed by atoms with Crippen molar-refractivity contribution in [1.82, 2.24) is 19.9 Å². The van der Waals surface area contributed by atoms with E-state index in [0.717, 1.165) is 43.8 Å². The maximum absolute atomic E-state index is 14.2. The molecule has 1 saturated heterocycles. The molecule has 230 valence electrons. The fraction of sp³-hybridized carbons (Fsp3) is 0.400. The maximum atomic E-state index is 14.2. The van der Waals surface area contributed by atoms with E-state index in [4.69, 9.17) is 4.74 Å². The van der Waals surface area contributed by atoms with Crippen molar-refractivity contribution in [2.75, 3.05) is 55.1 Å². The van der Waals surface area contributed by atoms with Crippen LogP contribution in [0.5, 0.6) is 5.75 Å². The van der Waals surface area contributed by atoms with E-state index < -0.39 is 17.2 Å². The number of halogens is 2. The number of aromatic nitrogens is 3. The maximum Gasteiger partial charge on any atom is 0.247 e. The number of nitrogens with one attached hydrogen (secondary N) is 3. The molecule has 0 saturated carbocycles. The highest BCUT2D eigenvalue weighted by Crippen LogP contribution is 2.41. The zero-order valence-corrected chi connectivity index (χ0v) is 25.0. The minimum atomic E-state index is -1.44. The van der Waals surface area contributed by atoms with Gasteiger partial charge in [0.25, 0.3) is 0 Å². The van der Waals surface area contributed by atoms with Crippen molar-refractivity contribution in [2.24, 2.45) is 0 Å². The molecule has 1 amide bonds. The number of methoxy groups -OCH3 is 1. The van der Waals surface area contributed by atoms with Crippen LogP contribution in [0.1, 0.15) is 38.7 Å². The van der Waals surface area contributed by atoms with E-state index in [1.807, 2.05) is 20.2 Å². The van der Waals surface area contributed by atoms with Gasteiger partial charge in [-0.3, -0.25) is 4.79 Å². The first-order valence-electron chi connectivity index (χ1n) is 14.0. The second kappa shape index (κ2) is 13.3. The molecule has 1 unspecified atom stereocenters. The summed E-state index contributed by atoms with van der Waals surface area (Å²) in [6, 6.07) is 5.75. The minimum Gasteiger partial charge on any atom is -0.494 e. The van der Waals surface area contributed by atoms with Gasteiger partial charge in [0, 0.05) is 36.8 Å². The predicted octanol–water partition coefficient (Wildman–Crippen LogP) is 4.92. The monoisotopic (exact) mass is 596 g/mol. The highest BCUT2D eigenvalue weighted by Gasteiger charge is 2.29. The van der Waals surface area contributed by atoms with Crippen LogP contribution in [0.25, 0.3) is 0 Å². The molecule has 4 N–H and O–H groups in total. The van der Waals surface area contributed by atoms with Crippen molar-refractivity contribution in [2.45, 2.75) is 44.8 Å². The Kier molecular flexibility index (Phi) is 9.77. The summed E-state index contributed by atoms with van der Waals surface area (Å²) in [5, 5.41) is 19.7. The summed E-state index contributed by atoms with van der Waals surface area (Å²) < 4.78 is 34.0. The summed E-state index contributed by atoms with van der Waals surface area (Å²) in [6.45, 7) is 8.49. The second-order valence-electron chi connectivity index (χ2n) is 10.8. The molecular formula is C30H38F2N8O3. The van der Waals surface area contributed by atoms with E-state index in [-0.39, 0.29) is 41.5 Å². The van der Waals surface area contributed by atoms with Gasteiger partial charge in [-0.05, 0) is 58.5 Å². The molecule has 1 fully saturated rings. The van der Waals surface area contributed by atoms with Gasteiger partial charge in [-0.2, -0.15) is 4.98 Å². The van der Waals surface area contributed by atoms with Crippen LogP contribution >= 0.6 is 0 Å². The van der Waals surface area contributed by atoms with Gasteiger partial charge in [-0.25, -0.2) is 18.7 Å². The standard InChI is InChI=1S/C30H38F2N8O3/c1-7-27(41)35-23-14-24(26(43-6)15-25(23)40-11-9-10-18(40)16-39(4)5)37-29-34-17-33-28(38-29)36-22-13-21(32)20(31)12-19(22)30(3,42)8-2/h7,12-15,17-18,42H,1,8-11,16H2,2-6H3,(H,35,41)(H2,33,34,36,37,38)/t18-,30?/m0/s1. The third-order valence-corrected chi connectivity index (χ3v) is 7.42. The first-order valence-corrected chi connectivity index (χ1v) is 14.0. The van der Waals surface area contributed by atoms with Crippen LogP contribution in [0.2, 0.25) is 0 Å². The number of aliphatic hydroxyl groups is 1. The summed E-state index contributed by atoms with van der Waals surface area (Å²) >= 11 is 0. The van der Waals surface area contributed by atoms with Crippen LogP contribution in [-0.4, -0.2) is 71.2 Å². The zero-order valence-electron chi connectivity index (χ0n) is 25.0. The number of anilines is 6. The Bertz CT molecular complexity index is 1480. The summed E-state index contributed by atoms with van der Waals surface area (Å²) in [7, 11) is 5.60. The molecule has 4 rings (SSSR count). The van der Waals surface area contributed by atoms with Crippen LogP contribution in [0.3, 0.4) is 0 Å². The highest BCUT2D eigenvalue weighted by molar-refractivity contribution is 6.02. The largest absolute Gasteiger partial charge is 0.494 e. The van der Waals surface area contributed by atoms with Crippen molar-refractivity contribution in [1.29, 1.82) is 0 Å². The molecule has 1 aliphatic rings. The lowest BCUT2D eigenvalue weighted by Crippen LogP contribution is -2.38. The lowest BCUT2D eigenvalue weighted by molar-refractivity contribution is -0.111. The lowest BCUT2D eigenvalue weighted by Gasteiger charge is -2.31. The normalized spacial score (nSPS) is 16.1. The Morgan fingerprint density at radius 3 is 2.47 bits per heavy atom. The van der Waals surface area contributed by atoms with E-state index in [0.29, 0.717) is 17.1 Å². The molecule has 11 nitrogen and oxygen atoms in total. The zero-order chi connectivity index (χ0) is 31.3. The van der Waals surface area contributed by atoms with Crippen molar-refractivity contribution in [3.05, 3.63) is 60.4 Å². The first-order chi connectivity index (χ1) is 20.4. The molecule has 43 heavy (non-hydrogen) atoms. The number of amides is 1. The molecule has 0 spiro atoms. The third kappa shape index (κ3) is 7.35. The fourth-order valence-electron chi connectivity index (χ4n) is 5.07. The van der Waals surface area contributed by atoms with Gasteiger partial charge in [0.05, 0.1) is 35.5 Å². The molecule has 1 aliphatic heterocycles. The number of nitrogens with zero attached hydrogens (tertiary/aromatic N) is 5. The SMILES string of the molecule is C=CC(=O)Nc1cc(Nc2ncnc(Nc3cc(F)c(F)cc3C(C)(O)CC)n2)c(OC)cc1N1CCC[C@H]1CN(C)C. The van der Waals surface area contributed by atoms with Crippen molar-refractivity contribution in [3.63, 3.8) is 0 Å². The van der Waals surface area contributed by atoms with Gasteiger partial charge in [0.15, 0.2) is 11.6 Å². The third-order valence-electron chi connectivity index (χ3n) is 7.42. The predicted molar refractivity (Wildman–Crippen MR) is 163 cm³/mol. The number of benzene rings is 2. The summed E-state index contributed by atoms with van der Waals surface area (Å²) in [5.41, 5.74) is 0.657. The van der Waals surface area contributed by atoms with Crippen molar-refractivity contribution < 1.29 is 23.4 Å². The number of hydrogen-bond acceptors (Lipinski definition) is 10. The molecule has 3 aromatic rings. The Hall–Kier alpha value is -4.36. The summed E-state index contributed by atoms with van der Waals surface area (Å²) in [6.07, 6.45) is 4.73. The molecular weight excluding hydrogens is 558 g/mol. The minimum absolute atomic E-state index is 0.0241. The average molecular weight is 597 g/mol. The van der Waals surface area contributed by atoms with Gasteiger partial charge >= 0.3 is 0 Å². The van der Waals surface area contributed by atoms with E-state index in [2.05, 4.69) is 47.3 Å². The number of rotatable bonds is 12. The molecule has 2 heterocycles. The van der Waals surface area contributed by atoms with Crippen molar-refractivity contribution >= 4 is 40.6 Å². The Balaban J connectivity index is 1.68. The van der Waals surface area contributed by atoms with E-state index in [9.17, 15) is 18.7 Å². The fourth-order valence-corrected chi connectivity index (χ4v) is 5.07. The molecule has 2 atom stereocenters. The van der Waals surface area contributed by atoms with Gasteiger partial charge in [0.2, 0.25) is 17.8 Å². The van der Waals surface area contributed by atoms with Crippen LogP contribution in [-0.2, 0) is 10.4 Å². The summed E-state index contributed by atoms with van der Waals surface area (Å²) in [5.74, 6) is -1.91. The van der Waals surface area contributed by atoms with Gasteiger partial charge < -0.3 is 35.6 Å². The summed E-state index contributed by atoms with van der Waals surface area (Å²) in [4.78, 5) is 29.5. The number of ether oxygens (including phenoxy) is 1. The van der Waals surface area contributed by atoms with E-state index in [1.165, 1.54) is 26.4 Å². The average Bonchev–Trinajstić information content (AvgIpc) is 3.42. The van der Waals surface area contributed by atoms with Crippen molar-refractivity contribution in [3.8, 4) is 5.75 Å². The van der Waals surface area contributed by atoms with Crippen LogP contribution in [0.4, 0.5) is 43.4 Å². The molecule has 0 aliphatic carbocycles. The Labute approximate surface area is 250 Å². The second-order valence-corrected chi connectivity index (χ2v) is 10.8. The smallest absolute Gasteiger partial charge is 0.247 e. The van der Waals surface area contributed by atoms with E-state index >= 15 is 0 Å². The van der Waals surface area contributed by atoms with Gasteiger partial charge in [-0.15, -0.1) is 0 Å². The van der Waals surface area contributed by atoms with E-state index in [1.54, 1.807) is 13.0 Å². The Morgan fingerprint density at radius 2 is 1.84 bits per heavy atom. The first kappa shape index (κ1) is 31.6. The molecule has 1 aromatic heterocycles.